The zero-order chi connectivity index (χ0) is 54.6. The third kappa shape index (κ3) is 30.0. The van der Waals surface area contributed by atoms with E-state index >= 15 is 0 Å². The van der Waals surface area contributed by atoms with E-state index in [0.29, 0.717) is 105 Å². The molecule has 0 aliphatic heterocycles. The van der Waals surface area contributed by atoms with Crippen LogP contribution in [0.15, 0.2) is 117 Å². The predicted octanol–water partition coefficient (Wildman–Crippen LogP) is 12.8. The molecule has 0 aromatic carbocycles. The molecule has 0 saturated heterocycles. The van der Waals surface area contributed by atoms with Crippen LogP contribution < -0.4 is 16.0 Å². The second-order valence-corrected chi connectivity index (χ2v) is 21.5. The SMILES string of the molecule is CCCOCCC(=O)NCCCOCCOCCOCCCNC(=O)[C@H](CCCCNC(=O)/C=C(C)/C=C/C=C(C)/C=C/C1=C(C)CCCC1(C)C)CC(=O)/C=C(C)/C=C/C=C(C)/C=C/C1=C(C)CCCC1(C)C. The van der Waals surface area contributed by atoms with Crippen molar-refractivity contribution >= 4 is 23.5 Å². The Labute approximate surface area is 448 Å². The van der Waals surface area contributed by atoms with Gasteiger partial charge in [0.25, 0.3) is 0 Å². The minimum Gasteiger partial charge on any atom is -0.381 e. The van der Waals surface area contributed by atoms with E-state index in [1.165, 1.54) is 54.4 Å². The van der Waals surface area contributed by atoms with E-state index in [-0.39, 0.29) is 40.8 Å². The number of ketones is 1. The largest absolute Gasteiger partial charge is 0.381 e. The number of allylic oxidation sites excluding steroid dienone is 19. The summed E-state index contributed by atoms with van der Waals surface area (Å²) in [7, 11) is 0. The lowest BCUT2D eigenvalue weighted by molar-refractivity contribution is -0.128. The zero-order valence-corrected chi connectivity index (χ0v) is 47.9. The van der Waals surface area contributed by atoms with Crippen molar-refractivity contribution in [3.05, 3.63) is 117 Å². The van der Waals surface area contributed by atoms with Gasteiger partial charge in [0, 0.05) is 64.3 Å². The monoisotopic (exact) mass is 1030 g/mol. The Balaban J connectivity index is 1.85. The first-order chi connectivity index (χ1) is 35.3. The van der Waals surface area contributed by atoms with E-state index in [9.17, 15) is 19.2 Å². The first-order valence-electron chi connectivity index (χ1n) is 27.8. The first kappa shape index (κ1) is 65.4. The van der Waals surface area contributed by atoms with Crippen LogP contribution in [0, 0.1) is 16.7 Å². The van der Waals surface area contributed by atoms with Gasteiger partial charge in [0.1, 0.15) is 0 Å². The van der Waals surface area contributed by atoms with Crippen molar-refractivity contribution in [3.8, 4) is 0 Å². The summed E-state index contributed by atoms with van der Waals surface area (Å²) in [6.07, 6.45) is 35.9. The molecular weight excluding hydrogens is 927 g/mol. The lowest BCUT2D eigenvalue weighted by Gasteiger charge is -2.33. The molecule has 414 valence electrons. The Morgan fingerprint density at radius 3 is 1.58 bits per heavy atom. The van der Waals surface area contributed by atoms with Crippen LogP contribution >= 0.6 is 0 Å². The molecule has 0 radical (unpaired) electrons. The minimum absolute atomic E-state index is 0.0107. The molecule has 2 aliphatic rings. The van der Waals surface area contributed by atoms with Crippen molar-refractivity contribution in [2.45, 2.75) is 166 Å². The average molecular weight is 1030 g/mol. The Kier molecular flexibility index (Phi) is 33.6. The number of nitrogens with one attached hydrogen (secondary N) is 3. The summed E-state index contributed by atoms with van der Waals surface area (Å²) in [5.74, 6) is -0.922. The molecule has 11 nitrogen and oxygen atoms in total. The molecule has 0 heterocycles. The molecule has 0 saturated carbocycles. The van der Waals surface area contributed by atoms with Gasteiger partial charge in [-0.25, -0.2) is 0 Å². The third-order valence-corrected chi connectivity index (χ3v) is 13.5. The highest BCUT2D eigenvalue weighted by Crippen LogP contribution is 2.42. The van der Waals surface area contributed by atoms with Crippen LogP contribution in [0.2, 0.25) is 0 Å². The van der Waals surface area contributed by atoms with Gasteiger partial charge in [-0.05, 0) is 151 Å². The van der Waals surface area contributed by atoms with Gasteiger partial charge in [-0.15, -0.1) is 0 Å². The van der Waals surface area contributed by atoms with Gasteiger partial charge in [-0.2, -0.15) is 0 Å². The van der Waals surface area contributed by atoms with Gasteiger partial charge in [0.2, 0.25) is 17.7 Å². The van der Waals surface area contributed by atoms with E-state index in [2.05, 4.69) is 108 Å². The molecule has 11 heteroatoms. The van der Waals surface area contributed by atoms with Crippen molar-refractivity contribution < 1.29 is 38.1 Å². The van der Waals surface area contributed by atoms with Crippen LogP contribution in [0.4, 0.5) is 0 Å². The number of hydrogen-bond donors (Lipinski definition) is 3. The number of carbonyl (C=O) groups excluding carboxylic acids is 4. The highest BCUT2D eigenvalue weighted by atomic mass is 16.5. The number of unbranched alkanes of at least 4 members (excludes halogenated alkanes) is 1. The highest BCUT2D eigenvalue weighted by Gasteiger charge is 2.27. The van der Waals surface area contributed by atoms with Crippen molar-refractivity contribution in [1.82, 2.24) is 16.0 Å². The second kappa shape index (κ2) is 38.0. The van der Waals surface area contributed by atoms with Crippen molar-refractivity contribution in [3.63, 3.8) is 0 Å². The van der Waals surface area contributed by atoms with Gasteiger partial charge in [0.15, 0.2) is 5.78 Å². The number of ether oxygens (including phenoxy) is 4. The molecule has 74 heavy (non-hydrogen) atoms. The number of amides is 3. The lowest BCUT2D eigenvalue weighted by Crippen LogP contribution is -2.33. The highest BCUT2D eigenvalue weighted by molar-refractivity contribution is 5.94. The fourth-order valence-corrected chi connectivity index (χ4v) is 9.20. The van der Waals surface area contributed by atoms with Crippen molar-refractivity contribution in [1.29, 1.82) is 0 Å². The molecule has 0 aromatic heterocycles. The summed E-state index contributed by atoms with van der Waals surface area (Å²) in [5.41, 5.74) is 10.1. The van der Waals surface area contributed by atoms with Gasteiger partial charge in [0.05, 0.1) is 33.0 Å². The van der Waals surface area contributed by atoms with Crippen LogP contribution in [0.1, 0.15) is 166 Å². The number of hydrogen-bond acceptors (Lipinski definition) is 8. The Bertz CT molecular complexity index is 2060. The van der Waals surface area contributed by atoms with Crippen molar-refractivity contribution in [2.75, 3.05) is 72.5 Å². The maximum atomic E-state index is 13.5. The van der Waals surface area contributed by atoms with Gasteiger partial charge in [-0.3, -0.25) is 19.2 Å². The Hall–Kier alpha value is -4.68. The molecule has 0 unspecified atom stereocenters. The van der Waals surface area contributed by atoms with Crippen LogP contribution in [0.5, 0.6) is 0 Å². The number of carbonyl (C=O) groups is 4. The average Bonchev–Trinajstić information content (AvgIpc) is 3.32. The molecular formula is C63H99N3O8. The predicted molar refractivity (Wildman–Crippen MR) is 306 cm³/mol. The van der Waals surface area contributed by atoms with E-state index in [1.807, 2.05) is 45.1 Å². The smallest absolute Gasteiger partial charge is 0.244 e. The Morgan fingerprint density at radius 2 is 1.05 bits per heavy atom. The standard InChI is InChI=1S/C63H99N3O8/c1-12-38-71-41-32-59(68)64-36-19-39-72-42-44-74-45-43-73-40-20-37-66-61(70)55(48-56(67)46-51(4)23-15-21-49(2)28-30-57-53(6)25-17-33-62(57,8)9)27-13-14-35-65-60(69)47-52(5)24-16-22-50(3)29-31-58-54(7)26-18-34-63(58,10)11/h15-16,21-24,28-31,46-47,55H,12-14,17-20,25-27,32-45,48H2,1-11H3,(H,64,68)(H,65,69)(H,66,70)/b23-15+,24-16+,30-28+,31-29+,49-21+,50-22+,51-46+,52-47+/t55-/m1/s1. The summed E-state index contributed by atoms with van der Waals surface area (Å²) < 4.78 is 22.2. The molecule has 3 amide bonds. The van der Waals surface area contributed by atoms with E-state index in [1.54, 1.807) is 12.2 Å². The molecule has 0 aromatic rings. The maximum Gasteiger partial charge on any atom is 0.244 e. The molecule has 0 spiro atoms. The molecule has 0 bridgehead atoms. The molecule has 2 rings (SSSR count). The van der Waals surface area contributed by atoms with Crippen LogP contribution in [-0.2, 0) is 38.1 Å². The molecule has 1 atom stereocenters. The fourth-order valence-electron chi connectivity index (χ4n) is 9.20. The molecule has 2 aliphatic carbocycles. The third-order valence-electron chi connectivity index (χ3n) is 13.5. The van der Waals surface area contributed by atoms with Crippen LogP contribution in [0.25, 0.3) is 0 Å². The summed E-state index contributed by atoms with van der Waals surface area (Å²) >= 11 is 0. The second-order valence-electron chi connectivity index (χ2n) is 21.5. The topological polar surface area (TPSA) is 141 Å². The van der Waals surface area contributed by atoms with Crippen molar-refractivity contribution in [2.24, 2.45) is 16.7 Å². The van der Waals surface area contributed by atoms with Crippen LogP contribution in [0.3, 0.4) is 0 Å². The maximum absolute atomic E-state index is 13.5. The lowest BCUT2D eigenvalue weighted by atomic mass is 9.72. The van der Waals surface area contributed by atoms with Gasteiger partial charge in [-0.1, -0.05) is 124 Å². The van der Waals surface area contributed by atoms with E-state index in [0.717, 1.165) is 41.6 Å². The minimum atomic E-state index is -0.500. The summed E-state index contributed by atoms with van der Waals surface area (Å²) in [5, 5.41) is 8.88. The molecule has 0 fully saturated rings. The summed E-state index contributed by atoms with van der Waals surface area (Å²) in [6, 6.07) is 0. The number of rotatable bonds is 37. The first-order valence-corrected chi connectivity index (χ1v) is 27.8. The van der Waals surface area contributed by atoms with E-state index in [4.69, 9.17) is 18.9 Å². The van der Waals surface area contributed by atoms with E-state index < -0.39 is 5.92 Å². The normalized spacial score (nSPS) is 17.3. The van der Waals surface area contributed by atoms with Gasteiger partial charge < -0.3 is 34.9 Å². The quantitative estimate of drug-likeness (QED) is 0.0317. The van der Waals surface area contributed by atoms with Crippen LogP contribution in [-0.4, -0.2) is 96.0 Å². The summed E-state index contributed by atoms with van der Waals surface area (Å²) in [6.45, 7) is 29.2. The van der Waals surface area contributed by atoms with Gasteiger partial charge >= 0.3 is 0 Å². The fraction of sp³-hybridized carbons (Fsp3) is 0.619. The summed E-state index contributed by atoms with van der Waals surface area (Å²) in [4.78, 5) is 51.4. The Morgan fingerprint density at radius 1 is 0.568 bits per heavy atom. The zero-order valence-electron chi connectivity index (χ0n) is 47.9. The molecule has 3 N–H and O–H groups in total.